The van der Waals surface area contributed by atoms with E-state index in [2.05, 4.69) is 4.98 Å². The molecule has 1 heterocycles. The molecule has 0 bridgehead atoms. The second-order valence-electron chi connectivity index (χ2n) is 4.33. The summed E-state index contributed by atoms with van der Waals surface area (Å²) in [5.74, 6) is 0.0552. The predicted octanol–water partition coefficient (Wildman–Crippen LogP) is 2.67. The van der Waals surface area contributed by atoms with E-state index in [0.717, 1.165) is 16.5 Å². The van der Waals surface area contributed by atoms with Crippen LogP contribution in [0.4, 0.5) is 0 Å². The molecule has 0 unspecified atom stereocenters. The first-order valence-corrected chi connectivity index (χ1v) is 6.71. The van der Waals surface area contributed by atoms with E-state index < -0.39 is 0 Å². The van der Waals surface area contributed by atoms with Crippen LogP contribution in [0.5, 0.6) is 0 Å². The van der Waals surface area contributed by atoms with Crippen LogP contribution in [0.25, 0.3) is 10.9 Å². The maximum atomic E-state index is 12.5. The quantitative estimate of drug-likeness (QED) is 0.812. The third kappa shape index (κ3) is 2.96. The van der Waals surface area contributed by atoms with E-state index in [4.69, 9.17) is 4.74 Å². The van der Waals surface area contributed by atoms with Crippen LogP contribution in [0.3, 0.4) is 0 Å². The van der Waals surface area contributed by atoms with Crippen LogP contribution in [0, 0.1) is 0 Å². The maximum absolute atomic E-state index is 12.5. The lowest BCUT2D eigenvalue weighted by Crippen LogP contribution is -2.33. The second-order valence-corrected chi connectivity index (χ2v) is 4.33. The molecule has 1 N–H and O–H groups in total. The lowest BCUT2D eigenvalue weighted by Gasteiger charge is -2.20. The van der Waals surface area contributed by atoms with Crippen molar-refractivity contribution in [3.63, 3.8) is 0 Å². The molecule has 0 aliphatic carbocycles. The van der Waals surface area contributed by atoms with Crippen LogP contribution in [0.1, 0.15) is 24.2 Å². The molecule has 1 amide bonds. The molecule has 0 spiro atoms. The molecule has 0 aliphatic heterocycles. The summed E-state index contributed by atoms with van der Waals surface area (Å²) in [5, 5.41) is 0.974. The van der Waals surface area contributed by atoms with Crippen LogP contribution in [0.15, 0.2) is 30.5 Å². The lowest BCUT2D eigenvalue weighted by atomic mass is 10.1. The molecule has 0 saturated carbocycles. The molecule has 0 fully saturated rings. The lowest BCUT2D eigenvalue weighted by molar-refractivity contribution is 0.0671. The van der Waals surface area contributed by atoms with Crippen LogP contribution < -0.4 is 0 Å². The molecule has 0 atom stereocenters. The Morgan fingerprint density at radius 3 is 2.84 bits per heavy atom. The molecule has 4 nitrogen and oxygen atoms in total. The largest absolute Gasteiger partial charge is 0.380 e. The number of hydrogen-bond donors (Lipinski definition) is 1. The number of ether oxygens (including phenoxy) is 1. The smallest absolute Gasteiger partial charge is 0.256 e. The normalized spacial score (nSPS) is 10.8. The van der Waals surface area contributed by atoms with Gasteiger partial charge in [-0.25, -0.2) is 0 Å². The molecular weight excluding hydrogens is 240 g/mol. The minimum atomic E-state index is 0.0552. The number of benzene rings is 1. The van der Waals surface area contributed by atoms with E-state index >= 15 is 0 Å². The number of hydrogen-bond acceptors (Lipinski definition) is 2. The van der Waals surface area contributed by atoms with Crippen molar-refractivity contribution in [3.8, 4) is 0 Å². The van der Waals surface area contributed by atoms with Crippen molar-refractivity contribution >= 4 is 16.8 Å². The Kier molecular flexibility index (Phi) is 4.58. The van der Waals surface area contributed by atoms with Crippen LogP contribution in [0.2, 0.25) is 0 Å². The number of aromatic amines is 1. The van der Waals surface area contributed by atoms with Gasteiger partial charge in [-0.2, -0.15) is 0 Å². The average molecular weight is 260 g/mol. The molecule has 19 heavy (non-hydrogen) atoms. The van der Waals surface area contributed by atoms with Crippen molar-refractivity contribution in [3.05, 3.63) is 36.0 Å². The van der Waals surface area contributed by atoms with Gasteiger partial charge in [0, 0.05) is 36.8 Å². The van der Waals surface area contributed by atoms with Gasteiger partial charge in [-0.1, -0.05) is 18.2 Å². The fraction of sp³-hybridized carbons (Fsp3) is 0.400. The third-order valence-corrected chi connectivity index (χ3v) is 3.20. The summed E-state index contributed by atoms with van der Waals surface area (Å²) < 4.78 is 5.32. The van der Waals surface area contributed by atoms with E-state index in [1.165, 1.54) is 0 Å². The maximum Gasteiger partial charge on any atom is 0.256 e. The Morgan fingerprint density at radius 2 is 2.11 bits per heavy atom. The number of aromatic nitrogens is 1. The zero-order valence-corrected chi connectivity index (χ0v) is 11.5. The number of nitrogens with zero attached hydrogens (tertiary/aromatic N) is 1. The fourth-order valence-electron chi connectivity index (χ4n) is 2.14. The number of H-pyrrole nitrogens is 1. The highest BCUT2D eigenvalue weighted by molar-refractivity contribution is 6.06. The molecule has 102 valence electrons. The fourth-order valence-corrected chi connectivity index (χ4v) is 2.14. The van der Waals surface area contributed by atoms with E-state index in [-0.39, 0.29) is 5.91 Å². The van der Waals surface area contributed by atoms with Gasteiger partial charge in [-0.3, -0.25) is 4.79 Å². The highest BCUT2D eigenvalue weighted by atomic mass is 16.5. The minimum absolute atomic E-state index is 0.0552. The first kappa shape index (κ1) is 13.6. The second kappa shape index (κ2) is 6.38. The number of fused-ring (bicyclic) bond motifs is 1. The van der Waals surface area contributed by atoms with Crippen molar-refractivity contribution in [1.82, 2.24) is 9.88 Å². The van der Waals surface area contributed by atoms with E-state index in [9.17, 15) is 4.79 Å². The summed E-state index contributed by atoms with van der Waals surface area (Å²) in [5.41, 5.74) is 1.72. The summed E-state index contributed by atoms with van der Waals surface area (Å²) in [6, 6.07) is 7.85. The number of rotatable bonds is 6. The molecule has 0 saturated heterocycles. The Hall–Kier alpha value is -1.81. The highest BCUT2D eigenvalue weighted by Crippen LogP contribution is 2.19. The summed E-state index contributed by atoms with van der Waals surface area (Å²) in [7, 11) is 0. The van der Waals surface area contributed by atoms with Crippen molar-refractivity contribution in [1.29, 1.82) is 0 Å². The van der Waals surface area contributed by atoms with Gasteiger partial charge in [0.15, 0.2) is 0 Å². The Morgan fingerprint density at radius 1 is 1.32 bits per heavy atom. The van der Waals surface area contributed by atoms with Crippen molar-refractivity contribution < 1.29 is 9.53 Å². The third-order valence-electron chi connectivity index (χ3n) is 3.20. The summed E-state index contributed by atoms with van der Waals surface area (Å²) in [6.45, 7) is 6.52. The summed E-state index contributed by atoms with van der Waals surface area (Å²) >= 11 is 0. The number of likely N-dealkylation sites (N-methyl/N-ethyl adjacent to an activating group) is 1. The number of nitrogens with one attached hydrogen (secondary N) is 1. The van der Waals surface area contributed by atoms with Gasteiger partial charge in [0.1, 0.15) is 0 Å². The number of carbonyl (C=O) groups is 1. The monoisotopic (exact) mass is 260 g/mol. The topological polar surface area (TPSA) is 45.3 Å². The molecule has 2 aromatic rings. The van der Waals surface area contributed by atoms with Gasteiger partial charge < -0.3 is 14.6 Å². The first-order valence-electron chi connectivity index (χ1n) is 6.71. The Bertz CT molecular complexity index is 548. The molecule has 2 rings (SSSR count). The number of para-hydroxylation sites is 1. The van der Waals surface area contributed by atoms with Crippen LogP contribution in [-0.2, 0) is 4.74 Å². The van der Waals surface area contributed by atoms with E-state index in [0.29, 0.717) is 26.3 Å². The molecule has 1 aromatic heterocycles. The zero-order valence-electron chi connectivity index (χ0n) is 11.5. The number of carbonyl (C=O) groups excluding carboxylic acids is 1. The molecular formula is C15H20N2O2. The highest BCUT2D eigenvalue weighted by Gasteiger charge is 2.17. The van der Waals surface area contributed by atoms with Gasteiger partial charge in [0.05, 0.1) is 12.2 Å². The van der Waals surface area contributed by atoms with Crippen molar-refractivity contribution in [2.24, 2.45) is 0 Å². The Labute approximate surface area is 113 Å². The SMILES string of the molecule is CCOCCN(CC)C(=O)c1c[nH]c2ccccc12. The van der Waals surface area contributed by atoms with Gasteiger partial charge in [-0.05, 0) is 19.9 Å². The Balaban J connectivity index is 2.17. The first-order chi connectivity index (χ1) is 9.27. The van der Waals surface area contributed by atoms with Gasteiger partial charge in [0.25, 0.3) is 5.91 Å². The van der Waals surface area contributed by atoms with Gasteiger partial charge >= 0.3 is 0 Å². The van der Waals surface area contributed by atoms with Gasteiger partial charge in [-0.15, -0.1) is 0 Å². The van der Waals surface area contributed by atoms with Crippen molar-refractivity contribution in [2.45, 2.75) is 13.8 Å². The van der Waals surface area contributed by atoms with Crippen LogP contribution in [-0.4, -0.2) is 42.1 Å². The van der Waals surface area contributed by atoms with Crippen LogP contribution >= 0.6 is 0 Å². The standard InChI is InChI=1S/C15H20N2O2/c1-3-17(9-10-19-4-2)15(18)13-11-16-14-8-6-5-7-12(13)14/h5-8,11,16H,3-4,9-10H2,1-2H3. The van der Waals surface area contributed by atoms with Gasteiger partial charge in [0.2, 0.25) is 0 Å². The average Bonchev–Trinajstić information content (AvgIpc) is 2.87. The van der Waals surface area contributed by atoms with E-state index in [1.54, 1.807) is 6.20 Å². The summed E-state index contributed by atoms with van der Waals surface area (Å²) in [4.78, 5) is 17.4. The predicted molar refractivity (Wildman–Crippen MR) is 76.4 cm³/mol. The summed E-state index contributed by atoms with van der Waals surface area (Å²) in [6.07, 6.45) is 1.79. The molecule has 0 radical (unpaired) electrons. The van der Waals surface area contributed by atoms with Crippen molar-refractivity contribution in [2.75, 3.05) is 26.3 Å². The van der Waals surface area contributed by atoms with E-state index in [1.807, 2.05) is 43.0 Å². The number of amides is 1. The minimum Gasteiger partial charge on any atom is -0.380 e. The molecule has 4 heteroatoms. The zero-order chi connectivity index (χ0) is 13.7. The molecule has 1 aromatic carbocycles. The molecule has 0 aliphatic rings.